The molecule has 0 radical (unpaired) electrons. The lowest BCUT2D eigenvalue weighted by Gasteiger charge is -2.20. The predicted octanol–water partition coefficient (Wildman–Crippen LogP) is 2.08. The summed E-state index contributed by atoms with van der Waals surface area (Å²) in [5, 5.41) is 6.61. The lowest BCUT2D eigenvalue weighted by atomic mass is 10.2. The fourth-order valence-corrected chi connectivity index (χ4v) is 3.99. The van der Waals surface area contributed by atoms with Gasteiger partial charge in [0, 0.05) is 31.9 Å². The lowest BCUT2D eigenvalue weighted by molar-refractivity contribution is 0.588. The second-order valence-corrected chi connectivity index (χ2v) is 8.82. The Morgan fingerprint density at radius 2 is 2.03 bits per heavy atom. The van der Waals surface area contributed by atoms with Crippen molar-refractivity contribution in [1.82, 2.24) is 20.3 Å². The minimum atomic E-state index is -3.45. The number of anilines is 1. The zero-order valence-corrected chi connectivity index (χ0v) is 20.7. The Morgan fingerprint density at radius 1 is 1.29 bits per heavy atom. The van der Waals surface area contributed by atoms with Crippen molar-refractivity contribution < 1.29 is 12.8 Å². The van der Waals surface area contributed by atoms with Gasteiger partial charge < -0.3 is 15.5 Å². The molecule has 3 rings (SSSR count). The molecule has 1 aromatic heterocycles. The molecule has 0 aliphatic carbocycles. The second-order valence-electron chi connectivity index (χ2n) is 6.93. The fourth-order valence-electron chi connectivity index (χ4n) is 3.26. The molecular formula is C20H28FIN6O2S. The molecule has 0 spiro atoms. The van der Waals surface area contributed by atoms with Crippen LogP contribution in [0.1, 0.15) is 18.9 Å². The topological polar surface area (TPSA) is 98.7 Å². The van der Waals surface area contributed by atoms with Crippen LogP contribution in [0.25, 0.3) is 0 Å². The third kappa shape index (κ3) is 6.74. The Morgan fingerprint density at radius 3 is 2.68 bits per heavy atom. The molecular weight excluding hydrogens is 534 g/mol. The molecule has 31 heavy (non-hydrogen) atoms. The van der Waals surface area contributed by atoms with Gasteiger partial charge in [0.05, 0.1) is 11.4 Å². The molecule has 1 aliphatic rings. The van der Waals surface area contributed by atoms with Crippen LogP contribution in [-0.4, -0.2) is 52.1 Å². The van der Waals surface area contributed by atoms with E-state index in [0.29, 0.717) is 38.0 Å². The van der Waals surface area contributed by atoms with E-state index in [4.69, 9.17) is 0 Å². The molecule has 1 unspecified atom stereocenters. The molecule has 170 valence electrons. The standard InChI is InChI=1S/C20H27FN6O2S.HI/c1-3-23-20(25-13-15-6-8-17(9-7-15)30(28,29)22-2)26-16-10-12-27(14-16)19-18(21)5-4-11-24-19;/h4-9,11,16,22H,3,10,12-14H2,1-2H3,(H2,23,25,26);1H. The average molecular weight is 562 g/mol. The zero-order valence-electron chi connectivity index (χ0n) is 17.5. The highest BCUT2D eigenvalue weighted by molar-refractivity contribution is 14.0. The highest BCUT2D eigenvalue weighted by Crippen LogP contribution is 2.20. The van der Waals surface area contributed by atoms with Gasteiger partial charge in [-0.2, -0.15) is 0 Å². The average Bonchev–Trinajstić information content (AvgIpc) is 3.21. The Balaban J connectivity index is 0.00000341. The van der Waals surface area contributed by atoms with Crippen LogP contribution in [0, 0.1) is 5.82 Å². The molecule has 1 aliphatic heterocycles. The van der Waals surface area contributed by atoms with Gasteiger partial charge in [0.1, 0.15) is 0 Å². The van der Waals surface area contributed by atoms with E-state index in [1.165, 1.54) is 13.1 Å². The maximum absolute atomic E-state index is 14.0. The maximum Gasteiger partial charge on any atom is 0.240 e. The molecule has 0 bridgehead atoms. The van der Waals surface area contributed by atoms with E-state index in [-0.39, 0.29) is 40.7 Å². The van der Waals surface area contributed by atoms with Crippen LogP contribution in [0.4, 0.5) is 10.2 Å². The Kier molecular flexibility index (Phi) is 9.44. The summed E-state index contributed by atoms with van der Waals surface area (Å²) in [6, 6.07) is 9.74. The van der Waals surface area contributed by atoms with Gasteiger partial charge in [-0.1, -0.05) is 12.1 Å². The number of benzene rings is 1. The normalized spacial score (nSPS) is 16.7. The summed E-state index contributed by atoms with van der Waals surface area (Å²) in [6.07, 6.45) is 2.44. The maximum atomic E-state index is 14.0. The van der Waals surface area contributed by atoms with Crippen molar-refractivity contribution in [3.8, 4) is 0 Å². The smallest absolute Gasteiger partial charge is 0.240 e. The van der Waals surface area contributed by atoms with E-state index in [0.717, 1.165) is 12.0 Å². The second kappa shape index (κ2) is 11.6. The number of nitrogens with zero attached hydrogens (tertiary/aromatic N) is 3. The highest BCUT2D eigenvalue weighted by atomic mass is 127. The predicted molar refractivity (Wildman–Crippen MR) is 131 cm³/mol. The number of sulfonamides is 1. The van der Waals surface area contributed by atoms with Gasteiger partial charge in [0.15, 0.2) is 17.6 Å². The van der Waals surface area contributed by atoms with Crippen LogP contribution in [0.2, 0.25) is 0 Å². The molecule has 3 N–H and O–H groups in total. The van der Waals surface area contributed by atoms with Crippen molar-refractivity contribution in [2.45, 2.75) is 30.8 Å². The van der Waals surface area contributed by atoms with E-state index >= 15 is 0 Å². The van der Waals surface area contributed by atoms with Crippen molar-refractivity contribution in [3.63, 3.8) is 0 Å². The largest absolute Gasteiger partial charge is 0.357 e. The number of halogens is 2. The quantitative estimate of drug-likeness (QED) is 0.272. The van der Waals surface area contributed by atoms with E-state index in [2.05, 4.69) is 25.3 Å². The van der Waals surface area contributed by atoms with Crippen molar-refractivity contribution in [2.24, 2.45) is 4.99 Å². The van der Waals surface area contributed by atoms with Gasteiger partial charge >= 0.3 is 0 Å². The Bertz CT molecular complexity index is 987. The van der Waals surface area contributed by atoms with E-state index in [1.807, 2.05) is 11.8 Å². The number of hydrogen-bond acceptors (Lipinski definition) is 5. The summed E-state index contributed by atoms with van der Waals surface area (Å²) in [5.41, 5.74) is 0.894. The first-order chi connectivity index (χ1) is 14.4. The first-order valence-corrected chi connectivity index (χ1v) is 11.3. The summed E-state index contributed by atoms with van der Waals surface area (Å²) >= 11 is 0. The number of aliphatic imine (C=N–C) groups is 1. The SMILES string of the molecule is CCNC(=NCc1ccc(S(=O)(=O)NC)cc1)NC1CCN(c2ncccc2F)C1.I. The van der Waals surface area contributed by atoms with Crippen LogP contribution in [-0.2, 0) is 16.6 Å². The molecule has 2 heterocycles. The van der Waals surface area contributed by atoms with Crippen LogP contribution in [0.5, 0.6) is 0 Å². The van der Waals surface area contributed by atoms with Gasteiger partial charge in [-0.15, -0.1) is 24.0 Å². The van der Waals surface area contributed by atoms with Crippen molar-refractivity contribution in [2.75, 3.05) is 31.6 Å². The molecule has 1 saturated heterocycles. The summed E-state index contributed by atoms with van der Waals surface area (Å²) in [5.74, 6) is 0.723. The number of guanidine groups is 1. The third-order valence-corrected chi connectivity index (χ3v) is 6.26. The summed E-state index contributed by atoms with van der Waals surface area (Å²) in [6.45, 7) is 4.44. The molecule has 1 fully saturated rings. The summed E-state index contributed by atoms with van der Waals surface area (Å²) in [7, 11) is -2.07. The minimum Gasteiger partial charge on any atom is -0.357 e. The Hall–Kier alpha value is -1.99. The minimum absolute atomic E-state index is 0. The third-order valence-electron chi connectivity index (χ3n) is 4.83. The van der Waals surface area contributed by atoms with Gasteiger partial charge in [0.2, 0.25) is 10.0 Å². The van der Waals surface area contributed by atoms with E-state index in [9.17, 15) is 12.8 Å². The molecule has 1 aromatic carbocycles. The molecule has 0 saturated carbocycles. The van der Waals surface area contributed by atoms with E-state index < -0.39 is 10.0 Å². The zero-order chi connectivity index (χ0) is 21.6. The van der Waals surface area contributed by atoms with Gasteiger partial charge in [0.25, 0.3) is 0 Å². The molecule has 11 heteroatoms. The van der Waals surface area contributed by atoms with Crippen molar-refractivity contribution >= 4 is 45.8 Å². The number of rotatable bonds is 7. The first kappa shape index (κ1) is 25.3. The van der Waals surface area contributed by atoms with Crippen molar-refractivity contribution in [3.05, 3.63) is 54.0 Å². The number of aromatic nitrogens is 1. The number of pyridine rings is 1. The fraction of sp³-hybridized carbons (Fsp3) is 0.400. The van der Waals surface area contributed by atoms with Gasteiger partial charge in [-0.3, -0.25) is 0 Å². The first-order valence-electron chi connectivity index (χ1n) is 9.85. The lowest BCUT2D eigenvalue weighted by Crippen LogP contribution is -2.44. The van der Waals surface area contributed by atoms with E-state index in [1.54, 1.807) is 36.5 Å². The Labute approximate surface area is 199 Å². The molecule has 8 nitrogen and oxygen atoms in total. The van der Waals surface area contributed by atoms with Crippen LogP contribution < -0.4 is 20.3 Å². The molecule has 2 aromatic rings. The molecule has 1 atom stereocenters. The number of nitrogens with one attached hydrogen (secondary N) is 3. The highest BCUT2D eigenvalue weighted by Gasteiger charge is 2.25. The summed E-state index contributed by atoms with van der Waals surface area (Å²) < 4.78 is 39.9. The summed E-state index contributed by atoms with van der Waals surface area (Å²) in [4.78, 5) is 10.9. The van der Waals surface area contributed by atoms with Gasteiger partial charge in [-0.05, 0) is 50.2 Å². The number of hydrogen-bond donors (Lipinski definition) is 3. The molecule has 0 amide bonds. The van der Waals surface area contributed by atoms with Crippen LogP contribution in [0.15, 0.2) is 52.5 Å². The monoisotopic (exact) mass is 562 g/mol. The van der Waals surface area contributed by atoms with Crippen LogP contribution in [0.3, 0.4) is 0 Å². The van der Waals surface area contributed by atoms with Crippen molar-refractivity contribution in [1.29, 1.82) is 0 Å². The van der Waals surface area contributed by atoms with Gasteiger partial charge in [-0.25, -0.2) is 27.5 Å². The van der Waals surface area contributed by atoms with Crippen LogP contribution >= 0.6 is 24.0 Å².